The molecular weight excluding hydrogens is 1160 g/mol. The van der Waals surface area contributed by atoms with Crippen molar-refractivity contribution in [3.8, 4) is 23.0 Å². The van der Waals surface area contributed by atoms with Crippen molar-refractivity contribution in [3.63, 3.8) is 0 Å². The van der Waals surface area contributed by atoms with Crippen molar-refractivity contribution in [1.29, 1.82) is 16.2 Å². The maximum absolute atomic E-state index is 14.3. The summed E-state index contributed by atoms with van der Waals surface area (Å²) in [4.78, 5) is 121. The number of urea groups is 1. The fourth-order valence-corrected chi connectivity index (χ4v) is 8.56. The highest BCUT2D eigenvalue weighted by Crippen LogP contribution is 2.28. The van der Waals surface area contributed by atoms with Gasteiger partial charge in [0.05, 0.1) is 56.7 Å². The lowest BCUT2D eigenvalue weighted by molar-refractivity contribution is -0.118. The first-order valence-electron chi connectivity index (χ1n) is 27.6. The van der Waals surface area contributed by atoms with Crippen molar-refractivity contribution in [2.75, 3.05) is 75.9 Å². The van der Waals surface area contributed by atoms with E-state index >= 15 is 0 Å². The molecule has 26 N–H and O–H groups in total. The molecule has 89 heavy (non-hydrogen) atoms. The number of carbonyl (C=O) groups is 9. The number of hydrogen-bond acceptors (Lipinski definition) is 17. The van der Waals surface area contributed by atoms with E-state index in [1.165, 1.54) is 101 Å². The van der Waals surface area contributed by atoms with Crippen LogP contribution in [0.15, 0.2) is 72.8 Å². The molecule has 0 saturated heterocycles. The molecule has 480 valence electrons. The Bertz CT molecular complexity index is 3240. The predicted molar refractivity (Wildman–Crippen MR) is 331 cm³/mol. The second-order valence-corrected chi connectivity index (χ2v) is 19.5. The third-order valence-corrected chi connectivity index (χ3v) is 13.0. The molecule has 0 aromatic heterocycles. The van der Waals surface area contributed by atoms with E-state index in [9.17, 15) is 43.2 Å². The molecule has 4 rings (SSSR count). The van der Waals surface area contributed by atoms with Gasteiger partial charge >= 0.3 is 6.03 Å². The van der Waals surface area contributed by atoms with Gasteiger partial charge in [-0.15, -0.1) is 0 Å². The van der Waals surface area contributed by atoms with Gasteiger partial charge in [-0.3, -0.25) is 54.6 Å². The quantitative estimate of drug-likeness (QED) is 0.0157. The van der Waals surface area contributed by atoms with E-state index in [1.54, 1.807) is 0 Å². The van der Waals surface area contributed by atoms with Gasteiger partial charge in [0.2, 0.25) is 23.6 Å². The lowest BCUT2D eigenvalue weighted by Gasteiger charge is -2.22. The highest BCUT2D eigenvalue weighted by atomic mass is 16.5. The fraction of sp³-hybridized carbons (Fsp3) is 0.357. The summed E-state index contributed by atoms with van der Waals surface area (Å²) in [5.74, 6) is -6.72. The number of hydrogen-bond donors (Lipinski definition) is 20. The van der Waals surface area contributed by atoms with Gasteiger partial charge in [-0.05, 0) is 124 Å². The van der Waals surface area contributed by atoms with Crippen LogP contribution in [0.5, 0.6) is 23.0 Å². The van der Waals surface area contributed by atoms with Crippen LogP contribution in [0, 0.1) is 16.2 Å². The number of carbonyl (C=O) groups excluding carboxylic acids is 9. The summed E-state index contributed by atoms with van der Waals surface area (Å²) in [6, 6.07) is 10.9. The minimum absolute atomic E-state index is 0.0117. The standard InChI is InChI=1S/C56H78N20O13/c1-86-41-17-13-29(25-33(41)45(58)77)71-50(82)38(10-6-22-67-54(61)62)74-47(79)35-27-31(15-19-43(35)88-3)72-51(83)39(11-7-23-68-55(63)64)75-48(80)36-28-32(16-20-44(36)89-4)73-52(84)40(12-8-24-69-56(65)85)76-46(78)34-26-30(14-18-42(34)87-2)70-49(81)37(57)9-5-21-66-53(59)60/h13-20,25-28,37-40H,5-12,21-24,57H2,1-4H3,(H2,58,77)(H,70,81)(H,71,82)(H,72,83)(H,73,84)(H,74,79)(H,75,80)(H,76,78)(H4,59,60,66)(H4,61,62,67)(H4,63,64,68)(H3,65,69,85)/t37-,38-,39-,40-/m1/s1. The number of nitrogens with one attached hydrogen (secondary N) is 14. The summed E-state index contributed by atoms with van der Waals surface area (Å²) < 4.78 is 21.6. The Morgan fingerprint density at radius 3 is 0.944 bits per heavy atom. The molecule has 33 heteroatoms. The molecule has 4 atom stereocenters. The van der Waals surface area contributed by atoms with E-state index in [0.717, 1.165) is 0 Å². The van der Waals surface area contributed by atoms with Crippen LogP contribution in [-0.4, -0.2) is 150 Å². The number of rotatable bonds is 35. The average Bonchev–Trinajstić information content (AvgIpc) is 2.33. The lowest BCUT2D eigenvalue weighted by atomic mass is 10.1. The zero-order chi connectivity index (χ0) is 65.7. The summed E-state index contributed by atoms with van der Waals surface area (Å²) in [6.07, 6.45) is 1.12. The second-order valence-electron chi connectivity index (χ2n) is 19.5. The van der Waals surface area contributed by atoms with Gasteiger partial charge in [0.1, 0.15) is 41.1 Å². The Kier molecular flexibility index (Phi) is 28.0. The number of anilines is 4. The van der Waals surface area contributed by atoms with Gasteiger partial charge in [0.25, 0.3) is 23.6 Å². The third-order valence-electron chi connectivity index (χ3n) is 13.0. The molecule has 0 spiro atoms. The normalized spacial score (nSPS) is 11.9. The molecule has 4 aromatic rings. The molecule has 0 radical (unpaired) electrons. The van der Waals surface area contributed by atoms with E-state index in [4.69, 9.17) is 69.6 Å². The van der Waals surface area contributed by atoms with E-state index in [2.05, 4.69) is 58.5 Å². The van der Waals surface area contributed by atoms with Gasteiger partial charge in [0.15, 0.2) is 17.9 Å². The predicted octanol–water partition coefficient (Wildman–Crippen LogP) is -0.465. The molecule has 10 amide bonds. The first-order valence-corrected chi connectivity index (χ1v) is 27.6. The number of primary amides is 2. The van der Waals surface area contributed by atoms with Crippen LogP contribution in [0.4, 0.5) is 27.5 Å². The molecular formula is C56H78N20O13. The lowest BCUT2D eigenvalue weighted by Crippen LogP contribution is -2.45. The number of methoxy groups -OCH3 is 4. The smallest absolute Gasteiger partial charge is 0.312 e. The zero-order valence-electron chi connectivity index (χ0n) is 49.5. The molecule has 0 aliphatic heterocycles. The fourth-order valence-electron chi connectivity index (χ4n) is 8.56. The molecule has 0 heterocycles. The van der Waals surface area contributed by atoms with Crippen molar-refractivity contribution >= 4 is 93.9 Å². The topological polar surface area (TPSA) is 551 Å². The van der Waals surface area contributed by atoms with Gasteiger partial charge < -0.3 is 112 Å². The number of guanidine groups is 3. The molecule has 0 fully saturated rings. The maximum atomic E-state index is 14.3. The largest absolute Gasteiger partial charge is 0.496 e. The summed E-state index contributed by atoms with van der Waals surface area (Å²) in [6.45, 7) is 0.609. The van der Waals surface area contributed by atoms with E-state index in [0.29, 0.717) is 13.0 Å². The highest BCUT2D eigenvalue weighted by Gasteiger charge is 2.29. The van der Waals surface area contributed by atoms with Gasteiger partial charge in [-0.1, -0.05) is 0 Å². The van der Waals surface area contributed by atoms with E-state index < -0.39 is 77.5 Å². The Labute approximate surface area is 511 Å². The maximum Gasteiger partial charge on any atom is 0.312 e. The molecule has 0 bridgehead atoms. The monoisotopic (exact) mass is 1240 g/mol. The summed E-state index contributed by atoms with van der Waals surface area (Å²) >= 11 is 0. The van der Waals surface area contributed by atoms with Gasteiger partial charge in [-0.25, -0.2) is 4.79 Å². The molecule has 0 aliphatic rings. The zero-order valence-corrected chi connectivity index (χ0v) is 49.5. The SMILES string of the molecule is COc1ccc(NC(=O)[C@@H](CCCNC(=N)N)NC(=O)c2cc(NC(=O)[C@@H](CCCNC(=N)N)NC(=O)c3cc(NC(=O)[C@@H](CCCNC(N)=O)NC(=O)c4cc(NC(=O)[C@H](N)CCCNC(=N)N)ccc4OC)ccc3OC)ccc2OC)cc1C(N)=O. The van der Waals surface area contributed by atoms with Crippen LogP contribution in [0.3, 0.4) is 0 Å². The Morgan fingerprint density at radius 2 is 0.663 bits per heavy atom. The van der Waals surface area contributed by atoms with Crippen molar-refractivity contribution in [2.45, 2.75) is 75.5 Å². The van der Waals surface area contributed by atoms with Gasteiger partial charge in [-0.2, -0.15) is 0 Å². The molecule has 0 saturated carbocycles. The first kappa shape index (κ1) is 70.4. The molecule has 4 aromatic carbocycles. The summed E-state index contributed by atoms with van der Waals surface area (Å²) in [5.41, 5.74) is 33.1. The minimum atomic E-state index is -1.33. The Morgan fingerprint density at radius 1 is 0.393 bits per heavy atom. The minimum Gasteiger partial charge on any atom is -0.496 e. The Balaban J connectivity index is 1.59. The molecule has 33 nitrogen and oxygen atoms in total. The van der Waals surface area contributed by atoms with Crippen LogP contribution in [0.25, 0.3) is 0 Å². The summed E-state index contributed by atoms with van der Waals surface area (Å²) in [5, 5.41) is 51.5. The van der Waals surface area contributed by atoms with Crippen LogP contribution in [0.2, 0.25) is 0 Å². The van der Waals surface area contributed by atoms with Crippen molar-refractivity contribution in [2.24, 2.45) is 34.4 Å². The van der Waals surface area contributed by atoms with Crippen LogP contribution < -0.4 is 112 Å². The Hall–Kier alpha value is -11.1. The first-order chi connectivity index (χ1) is 42.4. The van der Waals surface area contributed by atoms with Crippen LogP contribution in [-0.2, 0) is 19.2 Å². The number of benzene rings is 4. The van der Waals surface area contributed by atoms with Crippen molar-refractivity contribution < 1.29 is 62.1 Å². The van der Waals surface area contributed by atoms with Gasteiger partial charge in [0, 0.05) is 48.9 Å². The third kappa shape index (κ3) is 23.0. The van der Waals surface area contributed by atoms with E-state index in [-0.39, 0.29) is 150 Å². The summed E-state index contributed by atoms with van der Waals surface area (Å²) in [7, 11) is 5.23. The van der Waals surface area contributed by atoms with Crippen molar-refractivity contribution in [3.05, 3.63) is 95.1 Å². The molecule has 0 unspecified atom stereocenters. The average molecular weight is 1240 g/mol. The number of ether oxygens (including phenoxy) is 4. The highest BCUT2D eigenvalue weighted by molar-refractivity contribution is 6.08. The number of nitrogens with two attached hydrogens (primary N) is 6. The van der Waals surface area contributed by atoms with Crippen molar-refractivity contribution in [1.82, 2.24) is 37.2 Å². The molecule has 0 aliphatic carbocycles. The van der Waals surface area contributed by atoms with Crippen LogP contribution >= 0.6 is 0 Å². The van der Waals surface area contributed by atoms with Crippen LogP contribution in [0.1, 0.15) is 92.8 Å². The van der Waals surface area contributed by atoms with E-state index in [1.807, 2.05) is 0 Å². The number of amides is 10. The second kappa shape index (κ2) is 35.4.